The number of hydrogen-bond donors (Lipinski definition) is 0. The van der Waals surface area contributed by atoms with Crippen molar-refractivity contribution in [3.63, 3.8) is 0 Å². The van der Waals surface area contributed by atoms with Gasteiger partial charge in [0.2, 0.25) is 5.91 Å². The molecule has 6 nitrogen and oxygen atoms in total. The van der Waals surface area contributed by atoms with Crippen LogP contribution in [0.1, 0.15) is 48.3 Å². The van der Waals surface area contributed by atoms with Crippen molar-refractivity contribution in [1.29, 1.82) is 0 Å². The van der Waals surface area contributed by atoms with E-state index in [1.165, 1.54) is 0 Å². The molecule has 1 saturated carbocycles. The molecule has 1 amide bonds. The molecule has 2 aliphatic rings. The average Bonchev–Trinajstić information content (AvgIpc) is 3.34. The molecule has 4 rings (SSSR count). The second-order valence-electron chi connectivity index (χ2n) is 7.63. The Bertz CT molecular complexity index is 940. The first-order valence-electron chi connectivity index (χ1n) is 9.45. The molecule has 2 aromatic rings. The average molecular weight is 367 g/mol. The Balaban J connectivity index is 1.68. The van der Waals surface area contributed by atoms with Crippen LogP contribution in [0.3, 0.4) is 0 Å². The third kappa shape index (κ3) is 2.74. The van der Waals surface area contributed by atoms with Crippen LogP contribution < -0.4 is 10.3 Å². The van der Waals surface area contributed by atoms with Crippen LogP contribution in [0.25, 0.3) is 0 Å². The molecular weight excluding hydrogens is 342 g/mol. The van der Waals surface area contributed by atoms with E-state index in [9.17, 15) is 9.59 Å². The monoisotopic (exact) mass is 367 g/mol. The molecule has 1 aromatic carbocycles. The number of aromatic nitrogens is 2. The number of ether oxygens (including phenoxy) is 1. The zero-order valence-corrected chi connectivity index (χ0v) is 16.1. The first-order chi connectivity index (χ1) is 13.0. The number of carbonyl (C=O) groups excluding carboxylic acids is 1. The number of amides is 1. The Labute approximate surface area is 158 Å². The molecule has 1 aliphatic heterocycles. The maximum Gasteiger partial charge on any atom is 0.258 e. The van der Waals surface area contributed by atoms with Gasteiger partial charge in [-0.2, -0.15) is 0 Å². The Kier molecular flexibility index (Phi) is 4.29. The van der Waals surface area contributed by atoms with Gasteiger partial charge in [0.1, 0.15) is 11.6 Å². The van der Waals surface area contributed by atoms with Gasteiger partial charge in [0.15, 0.2) is 0 Å². The maximum atomic E-state index is 13.6. The van der Waals surface area contributed by atoms with Gasteiger partial charge in [-0.05, 0) is 37.5 Å². The Morgan fingerprint density at radius 1 is 1.15 bits per heavy atom. The summed E-state index contributed by atoms with van der Waals surface area (Å²) in [6, 6.07) is 7.85. The highest BCUT2D eigenvalue weighted by Crippen LogP contribution is 2.44. The van der Waals surface area contributed by atoms with Crippen molar-refractivity contribution in [2.75, 3.05) is 7.11 Å². The second-order valence-corrected chi connectivity index (χ2v) is 7.63. The summed E-state index contributed by atoms with van der Waals surface area (Å²) in [6.45, 7) is 2.59. The van der Waals surface area contributed by atoms with Gasteiger partial charge in [0.05, 0.1) is 36.9 Å². The first kappa shape index (κ1) is 17.8. The SMILES string of the molecule is COc1ccc(C2(C(=O)N3Cc4nc(C)n(C)c(=O)c4C3)CCCC2)cc1. The molecule has 27 heavy (non-hydrogen) atoms. The van der Waals surface area contributed by atoms with Crippen LogP contribution in [0.2, 0.25) is 0 Å². The van der Waals surface area contributed by atoms with Crippen LogP contribution in [-0.2, 0) is 30.3 Å². The molecule has 0 spiro atoms. The lowest BCUT2D eigenvalue weighted by Gasteiger charge is -2.32. The summed E-state index contributed by atoms with van der Waals surface area (Å²) in [5, 5.41) is 0. The molecule has 0 saturated heterocycles. The van der Waals surface area contributed by atoms with E-state index in [0.29, 0.717) is 24.5 Å². The lowest BCUT2D eigenvalue weighted by atomic mass is 9.77. The number of nitrogens with zero attached hydrogens (tertiary/aromatic N) is 3. The van der Waals surface area contributed by atoms with Crippen molar-refractivity contribution in [2.45, 2.75) is 51.1 Å². The van der Waals surface area contributed by atoms with Crippen LogP contribution in [-0.4, -0.2) is 27.5 Å². The summed E-state index contributed by atoms with van der Waals surface area (Å²) in [7, 11) is 3.37. The molecular formula is C21H25N3O3. The quantitative estimate of drug-likeness (QED) is 0.836. The summed E-state index contributed by atoms with van der Waals surface area (Å²) in [4.78, 5) is 32.6. The topological polar surface area (TPSA) is 64.4 Å². The zero-order valence-electron chi connectivity index (χ0n) is 16.1. The molecule has 0 atom stereocenters. The third-order valence-corrected chi connectivity index (χ3v) is 6.18. The molecule has 0 bridgehead atoms. The zero-order chi connectivity index (χ0) is 19.2. The predicted molar refractivity (Wildman–Crippen MR) is 102 cm³/mol. The molecule has 2 heterocycles. The summed E-state index contributed by atoms with van der Waals surface area (Å²) >= 11 is 0. The van der Waals surface area contributed by atoms with Crippen LogP contribution in [0.5, 0.6) is 5.75 Å². The Hall–Kier alpha value is -2.63. The molecule has 1 fully saturated rings. The molecule has 142 valence electrons. The van der Waals surface area contributed by atoms with Crippen LogP contribution in [0, 0.1) is 6.92 Å². The lowest BCUT2D eigenvalue weighted by molar-refractivity contribution is -0.138. The van der Waals surface area contributed by atoms with Gasteiger partial charge >= 0.3 is 0 Å². The highest BCUT2D eigenvalue weighted by molar-refractivity contribution is 5.89. The molecule has 1 aromatic heterocycles. The fraction of sp³-hybridized carbons (Fsp3) is 0.476. The normalized spacial score (nSPS) is 17.8. The van der Waals surface area contributed by atoms with E-state index in [1.54, 1.807) is 18.7 Å². The minimum absolute atomic E-state index is 0.0438. The number of fused-ring (bicyclic) bond motifs is 1. The van der Waals surface area contributed by atoms with Crippen molar-refractivity contribution in [3.8, 4) is 5.75 Å². The Morgan fingerprint density at radius 3 is 2.44 bits per heavy atom. The fourth-order valence-electron chi connectivity index (χ4n) is 4.49. The smallest absolute Gasteiger partial charge is 0.258 e. The number of hydrogen-bond acceptors (Lipinski definition) is 4. The van der Waals surface area contributed by atoms with E-state index < -0.39 is 5.41 Å². The minimum Gasteiger partial charge on any atom is -0.497 e. The van der Waals surface area contributed by atoms with Gasteiger partial charge in [0, 0.05) is 7.05 Å². The predicted octanol–water partition coefficient (Wildman–Crippen LogP) is 2.45. The van der Waals surface area contributed by atoms with Crippen LogP contribution in [0.15, 0.2) is 29.1 Å². The highest BCUT2D eigenvalue weighted by Gasteiger charge is 2.46. The van der Waals surface area contributed by atoms with Gasteiger partial charge in [-0.15, -0.1) is 0 Å². The standard InChI is InChI=1S/C21H25N3O3/c1-14-22-18-13-24(12-17(18)19(25)23(14)2)20(26)21(10-4-5-11-21)15-6-8-16(27-3)9-7-15/h6-9H,4-5,10-13H2,1-3H3. The van der Waals surface area contributed by atoms with E-state index in [-0.39, 0.29) is 11.5 Å². The molecule has 0 unspecified atom stereocenters. The van der Waals surface area contributed by atoms with Crippen molar-refractivity contribution in [2.24, 2.45) is 7.05 Å². The summed E-state index contributed by atoms with van der Waals surface area (Å²) in [5.41, 5.74) is 1.89. The Morgan fingerprint density at radius 2 is 1.81 bits per heavy atom. The maximum absolute atomic E-state index is 13.6. The number of methoxy groups -OCH3 is 1. The fourth-order valence-corrected chi connectivity index (χ4v) is 4.49. The van der Waals surface area contributed by atoms with Crippen molar-refractivity contribution in [3.05, 3.63) is 57.3 Å². The minimum atomic E-state index is -0.505. The van der Waals surface area contributed by atoms with E-state index in [0.717, 1.165) is 42.7 Å². The summed E-state index contributed by atoms with van der Waals surface area (Å²) < 4.78 is 6.82. The van der Waals surface area contributed by atoms with E-state index in [1.807, 2.05) is 36.1 Å². The van der Waals surface area contributed by atoms with E-state index in [4.69, 9.17) is 4.74 Å². The highest BCUT2D eigenvalue weighted by atomic mass is 16.5. The van der Waals surface area contributed by atoms with Gasteiger partial charge < -0.3 is 9.64 Å². The van der Waals surface area contributed by atoms with Crippen LogP contribution >= 0.6 is 0 Å². The van der Waals surface area contributed by atoms with E-state index in [2.05, 4.69) is 4.98 Å². The van der Waals surface area contributed by atoms with Crippen molar-refractivity contribution in [1.82, 2.24) is 14.5 Å². The van der Waals surface area contributed by atoms with Crippen molar-refractivity contribution < 1.29 is 9.53 Å². The number of rotatable bonds is 3. The lowest BCUT2D eigenvalue weighted by Crippen LogP contribution is -2.43. The second kappa shape index (κ2) is 6.51. The van der Waals surface area contributed by atoms with E-state index >= 15 is 0 Å². The molecule has 0 radical (unpaired) electrons. The van der Waals surface area contributed by atoms with Crippen molar-refractivity contribution >= 4 is 5.91 Å². The summed E-state index contributed by atoms with van der Waals surface area (Å²) in [6.07, 6.45) is 3.76. The van der Waals surface area contributed by atoms with Crippen LogP contribution in [0.4, 0.5) is 0 Å². The largest absolute Gasteiger partial charge is 0.497 e. The number of aryl methyl sites for hydroxylation is 1. The first-order valence-corrected chi connectivity index (χ1v) is 9.45. The van der Waals surface area contributed by atoms with Gasteiger partial charge in [-0.3, -0.25) is 14.2 Å². The number of carbonyl (C=O) groups is 1. The number of benzene rings is 1. The molecule has 1 aliphatic carbocycles. The summed E-state index contributed by atoms with van der Waals surface area (Å²) in [5.74, 6) is 1.58. The molecule has 0 N–H and O–H groups in total. The van der Waals surface area contributed by atoms with Gasteiger partial charge in [-0.1, -0.05) is 25.0 Å². The van der Waals surface area contributed by atoms with Gasteiger partial charge in [-0.25, -0.2) is 4.98 Å². The third-order valence-electron chi connectivity index (χ3n) is 6.18. The molecule has 6 heteroatoms. The van der Waals surface area contributed by atoms with Gasteiger partial charge in [0.25, 0.3) is 5.56 Å².